The molecule has 0 aliphatic carbocycles. The minimum Gasteiger partial charge on any atom is -0.481 e. The van der Waals surface area contributed by atoms with Gasteiger partial charge in [-0.25, -0.2) is 14.8 Å². The molecular weight excluding hydrogens is 394 g/mol. The third-order valence-corrected chi connectivity index (χ3v) is 6.16. The van der Waals surface area contributed by atoms with E-state index in [9.17, 15) is 9.90 Å². The van der Waals surface area contributed by atoms with Gasteiger partial charge in [-0.3, -0.25) is 0 Å². The highest BCUT2D eigenvalue weighted by atomic mass is 16.5. The van der Waals surface area contributed by atoms with E-state index in [0.29, 0.717) is 18.8 Å². The number of hydrogen-bond donors (Lipinski definition) is 2. The smallest absolute Gasteiger partial charge is 0.320 e. The average molecular weight is 426 g/mol. The number of aliphatic hydroxyl groups is 1. The Morgan fingerprint density at radius 2 is 2.16 bits per heavy atom. The third-order valence-electron chi connectivity index (χ3n) is 6.16. The number of nitrogens with zero attached hydrogens (tertiary/aromatic N) is 4. The van der Waals surface area contributed by atoms with Crippen molar-refractivity contribution in [1.82, 2.24) is 19.8 Å². The maximum absolute atomic E-state index is 13.0. The van der Waals surface area contributed by atoms with E-state index >= 15 is 0 Å². The van der Waals surface area contributed by atoms with Crippen LogP contribution >= 0.6 is 0 Å². The van der Waals surface area contributed by atoms with Crippen LogP contribution in [-0.2, 0) is 6.42 Å². The van der Waals surface area contributed by atoms with Gasteiger partial charge >= 0.3 is 6.03 Å². The molecule has 0 radical (unpaired) electrons. The van der Waals surface area contributed by atoms with Crippen molar-refractivity contribution in [2.45, 2.75) is 44.8 Å². The number of carbonyl (C=O) groups is 1. The van der Waals surface area contributed by atoms with Gasteiger partial charge in [0.1, 0.15) is 5.82 Å². The summed E-state index contributed by atoms with van der Waals surface area (Å²) in [4.78, 5) is 25.9. The van der Waals surface area contributed by atoms with E-state index < -0.39 is 6.10 Å². The molecule has 2 atom stereocenters. The van der Waals surface area contributed by atoms with Crippen LogP contribution in [0.25, 0.3) is 0 Å². The first-order valence-electron chi connectivity index (χ1n) is 11.1. The van der Waals surface area contributed by atoms with Gasteiger partial charge in [0.2, 0.25) is 5.88 Å². The maximum atomic E-state index is 13.0. The van der Waals surface area contributed by atoms with E-state index in [1.165, 1.54) is 0 Å². The fourth-order valence-corrected chi connectivity index (χ4v) is 4.44. The van der Waals surface area contributed by atoms with Crippen LogP contribution < -0.4 is 10.1 Å². The Bertz CT molecular complexity index is 905. The molecule has 0 spiro atoms. The molecule has 2 amide bonds. The lowest BCUT2D eigenvalue weighted by Crippen LogP contribution is -2.35. The van der Waals surface area contributed by atoms with Crippen molar-refractivity contribution in [1.29, 1.82) is 0 Å². The number of aliphatic hydroxyl groups excluding tert-OH is 1. The number of urea groups is 1. The fourth-order valence-electron chi connectivity index (χ4n) is 4.44. The Morgan fingerprint density at radius 3 is 2.90 bits per heavy atom. The molecule has 8 nitrogen and oxygen atoms in total. The number of amides is 2. The van der Waals surface area contributed by atoms with Gasteiger partial charge in [-0.15, -0.1) is 0 Å². The van der Waals surface area contributed by atoms with Gasteiger partial charge in [0.05, 0.1) is 19.3 Å². The highest BCUT2D eigenvalue weighted by Crippen LogP contribution is 2.30. The summed E-state index contributed by atoms with van der Waals surface area (Å²) in [6.07, 6.45) is 4.58. The number of methoxy groups -OCH3 is 1. The minimum atomic E-state index is -0.432. The van der Waals surface area contributed by atoms with Crippen LogP contribution in [0.4, 0.5) is 10.6 Å². The Balaban J connectivity index is 1.33. The van der Waals surface area contributed by atoms with Gasteiger partial charge < -0.3 is 25.0 Å². The fraction of sp³-hybridized carbons (Fsp3) is 0.522. The van der Waals surface area contributed by atoms with E-state index in [1.54, 1.807) is 13.3 Å². The second-order valence-electron chi connectivity index (χ2n) is 8.10. The van der Waals surface area contributed by atoms with E-state index in [1.807, 2.05) is 34.1 Å². The highest BCUT2D eigenvalue weighted by molar-refractivity contribution is 5.77. The molecule has 2 aromatic heterocycles. The van der Waals surface area contributed by atoms with Gasteiger partial charge in [0.15, 0.2) is 0 Å². The number of rotatable bonds is 8. The second-order valence-corrected chi connectivity index (χ2v) is 8.10. The number of aryl methyl sites for hydroxylation is 1. The van der Waals surface area contributed by atoms with Gasteiger partial charge in [-0.1, -0.05) is 19.1 Å². The summed E-state index contributed by atoms with van der Waals surface area (Å²) in [5.41, 5.74) is 2.89. The summed E-state index contributed by atoms with van der Waals surface area (Å²) in [5, 5.41) is 13.3. The Kier molecular flexibility index (Phi) is 6.56. The molecule has 2 aliphatic rings. The molecule has 0 bridgehead atoms. The van der Waals surface area contributed by atoms with E-state index in [2.05, 4.69) is 22.2 Å². The summed E-state index contributed by atoms with van der Waals surface area (Å²) in [6.45, 7) is 5.01. The molecule has 1 fully saturated rings. The Morgan fingerprint density at radius 1 is 1.29 bits per heavy atom. The number of aromatic nitrogens is 2. The van der Waals surface area contributed by atoms with Crippen molar-refractivity contribution in [2.75, 3.05) is 38.6 Å². The van der Waals surface area contributed by atoms with Crippen LogP contribution in [0.1, 0.15) is 55.2 Å². The van der Waals surface area contributed by atoms with Crippen molar-refractivity contribution in [2.24, 2.45) is 0 Å². The lowest BCUT2D eigenvalue weighted by molar-refractivity contribution is 0.168. The van der Waals surface area contributed by atoms with E-state index in [0.717, 1.165) is 61.5 Å². The van der Waals surface area contributed by atoms with Crippen LogP contribution in [0.2, 0.25) is 0 Å². The van der Waals surface area contributed by atoms with Crippen LogP contribution in [0, 0.1) is 0 Å². The maximum Gasteiger partial charge on any atom is 0.320 e. The molecule has 4 rings (SSSR count). The predicted octanol–water partition coefficient (Wildman–Crippen LogP) is 3.16. The number of anilines is 1. The zero-order valence-electron chi connectivity index (χ0n) is 18.3. The Hall–Kier alpha value is -2.87. The first kappa shape index (κ1) is 21.4. The quantitative estimate of drug-likeness (QED) is 0.675. The molecular formula is C23H31N5O3. The lowest BCUT2D eigenvalue weighted by atomic mass is 10.0. The third kappa shape index (κ3) is 4.58. The molecule has 0 aromatic carbocycles. The molecule has 0 saturated carbocycles. The standard InChI is InChI=1S/C23H31N5O3/c1-3-19(16-6-9-21(31-2)25-15-16)28-14-13-27(23(28)30)12-4-5-17-7-8-18-20(29)10-11-24-22(18)26-17/h6-9,15,19-20,29H,3-5,10-14H2,1-2H3,(H,24,26). The average Bonchev–Trinajstić information content (AvgIpc) is 3.15. The number of carbonyl (C=O) groups excluding carboxylic acids is 1. The van der Waals surface area contributed by atoms with E-state index in [4.69, 9.17) is 4.74 Å². The molecule has 1 saturated heterocycles. The van der Waals surface area contributed by atoms with Crippen LogP contribution in [0.3, 0.4) is 0 Å². The van der Waals surface area contributed by atoms with Crippen molar-refractivity contribution in [3.63, 3.8) is 0 Å². The number of pyridine rings is 2. The molecule has 2 aliphatic heterocycles. The Labute approximate surface area is 183 Å². The van der Waals surface area contributed by atoms with Crippen molar-refractivity contribution < 1.29 is 14.6 Å². The first-order valence-corrected chi connectivity index (χ1v) is 11.1. The summed E-state index contributed by atoms with van der Waals surface area (Å²) >= 11 is 0. The van der Waals surface area contributed by atoms with Gasteiger partial charge in [0.25, 0.3) is 0 Å². The normalized spacial score (nSPS) is 19.2. The van der Waals surface area contributed by atoms with Crippen LogP contribution in [-0.4, -0.2) is 64.2 Å². The van der Waals surface area contributed by atoms with Gasteiger partial charge in [-0.05, 0) is 37.3 Å². The summed E-state index contributed by atoms with van der Waals surface area (Å²) in [5.74, 6) is 1.37. The molecule has 8 heteroatoms. The first-order chi connectivity index (χ1) is 15.1. The molecule has 2 unspecified atom stereocenters. The molecule has 2 N–H and O–H groups in total. The van der Waals surface area contributed by atoms with E-state index in [-0.39, 0.29) is 12.1 Å². The molecule has 2 aromatic rings. The number of nitrogens with one attached hydrogen (secondary N) is 1. The lowest BCUT2D eigenvalue weighted by Gasteiger charge is -2.27. The van der Waals surface area contributed by atoms with Crippen LogP contribution in [0.15, 0.2) is 30.5 Å². The topological polar surface area (TPSA) is 90.8 Å². The summed E-state index contributed by atoms with van der Waals surface area (Å²) in [6, 6.07) is 7.89. The highest BCUT2D eigenvalue weighted by Gasteiger charge is 2.33. The largest absolute Gasteiger partial charge is 0.481 e. The van der Waals surface area contributed by atoms with Crippen molar-refractivity contribution >= 4 is 11.8 Å². The number of hydrogen-bond acceptors (Lipinski definition) is 6. The zero-order valence-corrected chi connectivity index (χ0v) is 18.3. The predicted molar refractivity (Wildman–Crippen MR) is 118 cm³/mol. The summed E-state index contributed by atoms with van der Waals surface area (Å²) in [7, 11) is 1.60. The second kappa shape index (κ2) is 9.51. The number of fused-ring (bicyclic) bond motifs is 1. The van der Waals surface area contributed by atoms with Crippen molar-refractivity contribution in [3.05, 3.63) is 47.3 Å². The van der Waals surface area contributed by atoms with Gasteiger partial charge in [-0.2, -0.15) is 0 Å². The monoisotopic (exact) mass is 425 g/mol. The van der Waals surface area contributed by atoms with Crippen molar-refractivity contribution in [3.8, 4) is 5.88 Å². The SMILES string of the molecule is CCC(c1ccc(OC)nc1)N1CCN(CCCc2ccc3c(n2)NCCC3O)C1=O. The van der Waals surface area contributed by atoms with Gasteiger partial charge in [0, 0.05) is 49.7 Å². The molecule has 31 heavy (non-hydrogen) atoms. The number of ether oxygens (including phenoxy) is 1. The minimum absolute atomic E-state index is 0.0238. The molecule has 166 valence electrons. The summed E-state index contributed by atoms with van der Waals surface area (Å²) < 4.78 is 5.14. The molecule has 4 heterocycles. The van der Waals surface area contributed by atoms with Crippen LogP contribution in [0.5, 0.6) is 5.88 Å². The zero-order chi connectivity index (χ0) is 21.8.